The summed E-state index contributed by atoms with van der Waals surface area (Å²) in [6.07, 6.45) is 1.14. The maximum absolute atomic E-state index is 4.82. The molecule has 0 radical (unpaired) electrons. The van der Waals surface area contributed by atoms with Crippen LogP contribution in [0, 0.1) is 5.92 Å². The second-order valence-corrected chi connectivity index (χ2v) is 6.58. The molecule has 3 rings (SSSR count). The summed E-state index contributed by atoms with van der Waals surface area (Å²) in [7, 11) is 2.11. The molecule has 0 N–H and O–H groups in total. The van der Waals surface area contributed by atoms with Crippen molar-refractivity contribution in [2.75, 3.05) is 0 Å². The summed E-state index contributed by atoms with van der Waals surface area (Å²) in [6.45, 7) is 6.75. The quantitative estimate of drug-likeness (QED) is 0.667. The van der Waals surface area contributed by atoms with E-state index in [0.717, 1.165) is 17.8 Å². The highest BCUT2D eigenvalue weighted by atomic mass is 15.1. The molecule has 2 aromatic carbocycles. The summed E-state index contributed by atoms with van der Waals surface area (Å²) in [6, 6.07) is 17.3. The molecule has 1 aromatic heterocycles. The van der Waals surface area contributed by atoms with Gasteiger partial charge in [-0.2, -0.15) is 0 Å². The van der Waals surface area contributed by atoms with Crippen LogP contribution in [-0.4, -0.2) is 9.55 Å². The molecule has 0 aliphatic heterocycles. The number of nitrogens with zero attached hydrogens (tertiary/aromatic N) is 2. The third kappa shape index (κ3) is 2.78. The van der Waals surface area contributed by atoms with Crippen LogP contribution in [-0.2, 0) is 13.5 Å². The van der Waals surface area contributed by atoms with Gasteiger partial charge in [-0.05, 0) is 35.6 Å². The zero-order valence-electron chi connectivity index (χ0n) is 13.9. The Hall–Kier alpha value is -2.09. The van der Waals surface area contributed by atoms with Crippen LogP contribution in [0.15, 0.2) is 48.5 Å². The van der Waals surface area contributed by atoms with Crippen molar-refractivity contribution in [3.63, 3.8) is 0 Å². The average molecular weight is 292 g/mol. The Balaban J connectivity index is 1.92. The molecule has 0 fully saturated rings. The fourth-order valence-corrected chi connectivity index (χ4v) is 3.11. The van der Waals surface area contributed by atoms with Gasteiger partial charge in [0.15, 0.2) is 0 Å². The summed E-state index contributed by atoms with van der Waals surface area (Å²) < 4.78 is 2.21. The standard InChI is InChI=1S/C20H24N2/c1-14(2)13-16-9-11-17(12-10-16)15(3)20-21-18-7-5-6-8-19(18)22(20)4/h5-12,14-15H,13H2,1-4H3/t15-/m1/s1. The van der Waals surface area contributed by atoms with Crippen molar-refractivity contribution in [2.24, 2.45) is 13.0 Å². The molecule has 22 heavy (non-hydrogen) atoms. The van der Waals surface area contributed by atoms with Gasteiger partial charge < -0.3 is 4.57 Å². The predicted molar refractivity (Wildman–Crippen MR) is 93.2 cm³/mol. The molecule has 0 amide bonds. The van der Waals surface area contributed by atoms with E-state index in [4.69, 9.17) is 4.98 Å². The maximum atomic E-state index is 4.82. The third-order valence-corrected chi connectivity index (χ3v) is 4.33. The zero-order chi connectivity index (χ0) is 15.7. The molecule has 2 heteroatoms. The topological polar surface area (TPSA) is 17.8 Å². The van der Waals surface area contributed by atoms with Crippen molar-refractivity contribution in [3.05, 3.63) is 65.5 Å². The van der Waals surface area contributed by atoms with Crippen molar-refractivity contribution in [3.8, 4) is 0 Å². The highest BCUT2D eigenvalue weighted by Crippen LogP contribution is 2.26. The first-order chi connectivity index (χ1) is 10.6. The molecule has 1 heterocycles. The van der Waals surface area contributed by atoms with Crippen LogP contribution in [0.25, 0.3) is 11.0 Å². The minimum Gasteiger partial charge on any atom is -0.331 e. The fraction of sp³-hybridized carbons (Fsp3) is 0.350. The van der Waals surface area contributed by atoms with E-state index in [1.807, 2.05) is 6.07 Å². The fourth-order valence-electron chi connectivity index (χ4n) is 3.11. The van der Waals surface area contributed by atoms with E-state index in [9.17, 15) is 0 Å². The molecule has 114 valence electrons. The van der Waals surface area contributed by atoms with Gasteiger partial charge in [-0.15, -0.1) is 0 Å². The lowest BCUT2D eigenvalue weighted by Crippen LogP contribution is -2.05. The van der Waals surface area contributed by atoms with Gasteiger partial charge in [0.25, 0.3) is 0 Å². The van der Waals surface area contributed by atoms with E-state index in [2.05, 4.69) is 74.9 Å². The molecule has 0 spiro atoms. The van der Waals surface area contributed by atoms with Gasteiger partial charge in [-0.25, -0.2) is 4.98 Å². The Bertz CT molecular complexity index is 766. The average Bonchev–Trinajstić information content (AvgIpc) is 2.84. The zero-order valence-corrected chi connectivity index (χ0v) is 13.9. The van der Waals surface area contributed by atoms with E-state index < -0.39 is 0 Å². The first kappa shape index (κ1) is 14.8. The summed E-state index contributed by atoms with van der Waals surface area (Å²) in [5.41, 5.74) is 5.01. The Morgan fingerprint density at radius 3 is 2.27 bits per heavy atom. The van der Waals surface area contributed by atoms with Gasteiger partial charge in [0.1, 0.15) is 5.82 Å². The minimum absolute atomic E-state index is 0.297. The lowest BCUT2D eigenvalue weighted by atomic mass is 9.96. The van der Waals surface area contributed by atoms with Gasteiger partial charge in [0, 0.05) is 13.0 Å². The molecular formula is C20H24N2. The molecular weight excluding hydrogens is 268 g/mol. The normalized spacial score (nSPS) is 13.0. The number of imidazole rings is 1. The maximum Gasteiger partial charge on any atom is 0.116 e. The summed E-state index contributed by atoms with van der Waals surface area (Å²) >= 11 is 0. The first-order valence-electron chi connectivity index (χ1n) is 8.06. The van der Waals surface area contributed by atoms with Crippen LogP contribution in [0.5, 0.6) is 0 Å². The predicted octanol–water partition coefficient (Wildman–Crippen LogP) is 4.92. The molecule has 0 aliphatic carbocycles. The van der Waals surface area contributed by atoms with Gasteiger partial charge in [-0.3, -0.25) is 0 Å². The molecule has 0 saturated carbocycles. The molecule has 0 aliphatic rings. The van der Waals surface area contributed by atoms with E-state index >= 15 is 0 Å². The highest BCUT2D eigenvalue weighted by molar-refractivity contribution is 5.76. The molecule has 0 bridgehead atoms. The lowest BCUT2D eigenvalue weighted by molar-refractivity contribution is 0.647. The second kappa shape index (κ2) is 5.96. The van der Waals surface area contributed by atoms with Gasteiger partial charge >= 0.3 is 0 Å². The van der Waals surface area contributed by atoms with Gasteiger partial charge in [0.05, 0.1) is 11.0 Å². The molecule has 1 atom stereocenters. The molecule has 2 nitrogen and oxygen atoms in total. The second-order valence-electron chi connectivity index (χ2n) is 6.58. The van der Waals surface area contributed by atoms with Crippen LogP contribution in [0.3, 0.4) is 0 Å². The van der Waals surface area contributed by atoms with Crippen LogP contribution in [0.4, 0.5) is 0 Å². The van der Waals surface area contributed by atoms with Crippen LogP contribution in [0.2, 0.25) is 0 Å². The van der Waals surface area contributed by atoms with E-state index in [1.165, 1.54) is 16.6 Å². The molecule has 3 aromatic rings. The number of hydrogen-bond donors (Lipinski definition) is 0. The summed E-state index contributed by atoms with van der Waals surface area (Å²) in [4.78, 5) is 4.82. The first-order valence-corrected chi connectivity index (χ1v) is 8.06. The van der Waals surface area contributed by atoms with Crippen molar-refractivity contribution in [1.29, 1.82) is 0 Å². The Morgan fingerprint density at radius 2 is 1.64 bits per heavy atom. The SMILES string of the molecule is CC(C)Cc1ccc([C@@H](C)c2nc3ccccc3n2C)cc1. The summed E-state index contributed by atoms with van der Waals surface area (Å²) in [5, 5.41) is 0. The van der Waals surface area contributed by atoms with Crippen LogP contribution < -0.4 is 0 Å². The van der Waals surface area contributed by atoms with Crippen LogP contribution in [0.1, 0.15) is 43.6 Å². The number of rotatable bonds is 4. The van der Waals surface area contributed by atoms with Crippen molar-refractivity contribution in [2.45, 2.75) is 33.1 Å². The smallest absolute Gasteiger partial charge is 0.116 e. The minimum atomic E-state index is 0.297. The number of benzene rings is 2. The number of aromatic nitrogens is 2. The number of hydrogen-bond acceptors (Lipinski definition) is 1. The van der Waals surface area contributed by atoms with Crippen LogP contribution >= 0.6 is 0 Å². The van der Waals surface area contributed by atoms with E-state index in [-0.39, 0.29) is 0 Å². The largest absolute Gasteiger partial charge is 0.331 e. The number of aryl methyl sites for hydroxylation is 1. The van der Waals surface area contributed by atoms with Gasteiger partial charge in [-0.1, -0.05) is 57.2 Å². The molecule has 0 saturated heterocycles. The van der Waals surface area contributed by atoms with Crippen molar-refractivity contribution >= 4 is 11.0 Å². The lowest BCUT2D eigenvalue weighted by Gasteiger charge is -2.13. The third-order valence-electron chi connectivity index (χ3n) is 4.33. The van der Waals surface area contributed by atoms with Crippen molar-refractivity contribution < 1.29 is 0 Å². The van der Waals surface area contributed by atoms with E-state index in [1.54, 1.807) is 0 Å². The highest BCUT2D eigenvalue weighted by Gasteiger charge is 2.16. The number of para-hydroxylation sites is 2. The number of fused-ring (bicyclic) bond motifs is 1. The monoisotopic (exact) mass is 292 g/mol. The Morgan fingerprint density at radius 1 is 0.955 bits per heavy atom. The van der Waals surface area contributed by atoms with E-state index in [0.29, 0.717) is 11.8 Å². The molecule has 0 unspecified atom stereocenters. The summed E-state index contributed by atoms with van der Waals surface area (Å²) in [5.74, 6) is 2.12. The Kier molecular flexibility index (Phi) is 4.02. The Labute approximate surface area is 132 Å². The van der Waals surface area contributed by atoms with Crippen molar-refractivity contribution in [1.82, 2.24) is 9.55 Å². The van der Waals surface area contributed by atoms with Gasteiger partial charge in [0.2, 0.25) is 0 Å².